The summed E-state index contributed by atoms with van der Waals surface area (Å²) >= 11 is 11.8. The molecule has 0 radical (unpaired) electrons. The Labute approximate surface area is 223 Å². The maximum Gasteiger partial charge on any atom is 0.252 e. The Morgan fingerprint density at radius 1 is 0.806 bits per heavy atom. The fourth-order valence-electron chi connectivity index (χ4n) is 4.38. The lowest BCUT2D eigenvalue weighted by atomic mass is 10.1. The van der Waals surface area contributed by atoms with Crippen molar-refractivity contribution in [2.24, 2.45) is 0 Å². The van der Waals surface area contributed by atoms with E-state index < -0.39 is 6.04 Å². The number of thiocarbonyl (C=S) groups is 1. The van der Waals surface area contributed by atoms with Crippen LogP contribution >= 0.6 is 23.8 Å². The van der Waals surface area contributed by atoms with E-state index in [4.69, 9.17) is 23.8 Å². The summed E-state index contributed by atoms with van der Waals surface area (Å²) in [6, 6.07) is 27.1. The predicted octanol–water partition coefficient (Wildman–Crippen LogP) is 4.67. The van der Waals surface area contributed by atoms with Crippen molar-refractivity contribution in [2.75, 3.05) is 19.6 Å². The first-order valence-corrected chi connectivity index (χ1v) is 13.0. The summed E-state index contributed by atoms with van der Waals surface area (Å²) in [4.78, 5) is 29.8. The monoisotopic (exact) mass is 519 g/mol. The molecule has 0 spiro atoms. The molecule has 1 saturated heterocycles. The molecule has 36 heavy (non-hydrogen) atoms. The van der Waals surface area contributed by atoms with Gasteiger partial charge in [-0.3, -0.25) is 14.5 Å². The number of benzene rings is 3. The van der Waals surface area contributed by atoms with Crippen LogP contribution in [0.15, 0.2) is 84.9 Å². The van der Waals surface area contributed by atoms with Crippen molar-refractivity contribution in [3.63, 3.8) is 0 Å². The Kier molecular flexibility index (Phi) is 9.09. The number of nitrogens with zero attached hydrogens (tertiary/aromatic N) is 2. The van der Waals surface area contributed by atoms with Crippen LogP contribution in [0.2, 0.25) is 5.02 Å². The van der Waals surface area contributed by atoms with Crippen molar-refractivity contribution in [1.29, 1.82) is 0 Å². The molecule has 186 valence electrons. The van der Waals surface area contributed by atoms with Gasteiger partial charge in [-0.25, -0.2) is 0 Å². The van der Waals surface area contributed by atoms with Crippen molar-refractivity contribution in [2.45, 2.75) is 31.7 Å². The zero-order valence-corrected chi connectivity index (χ0v) is 21.7. The van der Waals surface area contributed by atoms with Crippen LogP contribution in [0.1, 0.15) is 23.1 Å². The highest BCUT2D eigenvalue weighted by Gasteiger charge is 2.42. The molecule has 0 unspecified atom stereocenters. The second-order valence-corrected chi connectivity index (χ2v) is 9.68. The third-order valence-corrected chi connectivity index (χ3v) is 7.09. The van der Waals surface area contributed by atoms with Crippen molar-refractivity contribution in [3.8, 4) is 0 Å². The van der Waals surface area contributed by atoms with E-state index in [-0.39, 0.29) is 18.2 Å². The Bertz CT molecular complexity index is 1170. The van der Waals surface area contributed by atoms with E-state index in [0.717, 1.165) is 23.1 Å². The maximum absolute atomic E-state index is 13.4. The van der Waals surface area contributed by atoms with E-state index in [1.54, 1.807) is 4.90 Å². The number of carbonyl (C=O) groups is 2. The Morgan fingerprint density at radius 3 is 2.00 bits per heavy atom. The summed E-state index contributed by atoms with van der Waals surface area (Å²) in [5.41, 5.74) is 3.40. The maximum atomic E-state index is 13.4. The van der Waals surface area contributed by atoms with Gasteiger partial charge in [-0.15, -0.1) is 0 Å². The Morgan fingerprint density at radius 2 is 1.36 bits per heavy atom. The van der Waals surface area contributed by atoms with Crippen LogP contribution in [0.5, 0.6) is 0 Å². The largest absolute Gasteiger partial charge is 0.356 e. The molecule has 5 nitrogen and oxygen atoms in total. The average Bonchev–Trinajstić information content (AvgIpc) is 3.11. The molecule has 4 rings (SSSR count). The summed E-state index contributed by atoms with van der Waals surface area (Å²) < 4.78 is 0. The Balaban J connectivity index is 1.40. The normalized spacial score (nSPS) is 15.4. The van der Waals surface area contributed by atoms with Gasteiger partial charge in [0.15, 0.2) is 5.11 Å². The number of nitrogens with one attached hydrogen (secondary N) is 1. The van der Waals surface area contributed by atoms with Gasteiger partial charge in [0.25, 0.3) is 5.91 Å². The van der Waals surface area contributed by atoms with Crippen molar-refractivity contribution in [1.82, 2.24) is 15.1 Å². The summed E-state index contributed by atoms with van der Waals surface area (Å²) in [6.45, 7) is 1.57. The molecule has 1 fully saturated rings. The van der Waals surface area contributed by atoms with E-state index in [1.165, 1.54) is 0 Å². The summed E-state index contributed by atoms with van der Waals surface area (Å²) in [5, 5.41) is 4.15. The molecule has 2 amide bonds. The van der Waals surface area contributed by atoms with Gasteiger partial charge in [0.2, 0.25) is 5.91 Å². The molecule has 1 atom stereocenters. The van der Waals surface area contributed by atoms with Gasteiger partial charge in [0.05, 0.1) is 6.42 Å². The number of rotatable bonds is 11. The highest BCUT2D eigenvalue weighted by molar-refractivity contribution is 7.80. The number of hydrogen-bond donors (Lipinski definition) is 1. The average molecular weight is 520 g/mol. The van der Waals surface area contributed by atoms with Crippen molar-refractivity contribution >= 4 is 40.7 Å². The van der Waals surface area contributed by atoms with E-state index in [9.17, 15) is 9.59 Å². The fraction of sp³-hybridized carbons (Fsp3) is 0.276. The smallest absolute Gasteiger partial charge is 0.252 e. The minimum Gasteiger partial charge on any atom is -0.356 e. The summed E-state index contributed by atoms with van der Waals surface area (Å²) in [5.74, 6) is -0.251. The SMILES string of the molecule is O=C(C[C@@H]1C(=O)N(CCc2ccccc2)C(=S)N1CCc1ccc(Cl)cc1)NCCc1ccccc1. The molecule has 7 heteroatoms. The lowest BCUT2D eigenvalue weighted by molar-refractivity contribution is -0.131. The molecule has 0 bridgehead atoms. The first-order chi connectivity index (χ1) is 17.5. The third-order valence-electron chi connectivity index (χ3n) is 6.38. The molecule has 3 aromatic rings. The number of halogens is 1. The number of amides is 2. The molecular formula is C29H30ClN3O2S. The van der Waals surface area contributed by atoms with E-state index in [1.807, 2.05) is 89.8 Å². The van der Waals surface area contributed by atoms with Crippen molar-refractivity contribution in [3.05, 3.63) is 107 Å². The van der Waals surface area contributed by atoms with Crippen LogP contribution < -0.4 is 5.32 Å². The minimum absolute atomic E-state index is 0.0796. The number of carbonyl (C=O) groups excluding carboxylic acids is 2. The van der Waals surface area contributed by atoms with Crippen LogP contribution in [-0.4, -0.2) is 52.4 Å². The molecular weight excluding hydrogens is 490 g/mol. The van der Waals surface area contributed by atoms with Crippen molar-refractivity contribution < 1.29 is 9.59 Å². The predicted molar refractivity (Wildman–Crippen MR) is 148 cm³/mol. The second-order valence-electron chi connectivity index (χ2n) is 8.88. The molecule has 1 aliphatic heterocycles. The Hall–Kier alpha value is -3.22. The standard InChI is InChI=1S/C29H30ClN3O2S/c30-25-13-11-24(12-14-25)16-19-32-26(21-27(34)31-18-15-22-7-3-1-4-8-22)28(35)33(29(32)36)20-17-23-9-5-2-6-10-23/h1-14,26H,15-21H2,(H,31,34)/t26-/m1/s1. The zero-order valence-electron chi connectivity index (χ0n) is 20.1. The summed E-state index contributed by atoms with van der Waals surface area (Å²) in [7, 11) is 0. The van der Waals surface area contributed by atoms with Crippen LogP contribution in [0.25, 0.3) is 0 Å². The van der Waals surface area contributed by atoms with E-state index >= 15 is 0 Å². The fourth-order valence-corrected chi connectivity index (χ4v) is 4.90. The van der Waals surface area contributed by atoms with E-state index in [0.29, 0.717) is 42.6 Å². The molecule has 0 aromatic heterocycles. The molecule has 1 N–H and O–H groups in total. The summed E-state index contributed by atoms with van der Waals surface area (Å²) in [6.07, 6.45) is 2.22. The first-order valence-electron chi connectivity index (χ1n) is 12.2. The van der Waals surface area contributed by atoms with Gasteiger partial charge in [-0.2, -0.15) is 0 Å². The van der Waals surface area contributed by atoms with Gasteiger partial charge in [0, 0.05) is 24.7 Å². The molecule has 0 aliphatic carbocycles. The topological polar surface area (TPSA) is 52.7 Å². The highest BCUT2D eigenvalue weighted by atomic mass is 35.5. The lowest BCUT2D eigenvalue weighted by Crippen LogP contribution is -2.40. The van der Waals surface area contributed by atoms with Gasteiger partial charge in [0.1, 0.15) is 6.04 Å². The second kappa shape index (κ2) is 12.7. The molecule has 3 aromatic carbocycles. The molecule has 0 saturated carbocycles. The van der Waals surface area contributed by atoms with Gasteiger partial charge in [-0.1, -0.05) is 84.4 Å². The zero-order chi connectivity index (χ0) is 25.3. The van der Waals surface area contributed by atoms with Gasteiger partial charge >= 0.3 is 0 Å². The molecule has 1 aliphatic rings. The molecule has 1 heterocycles. The van der Waals surface area contributed by atoms with Gasteiger partial charge < -0.3 is 10.2 Å². The minimum atomic E-state index is -0.600. The van der Waals surface area contributed by atoms with Crippen LogP contribution in [0.4, 0.5) is 0 Å². The quantitative estimate of drug-likeness (QED) is 0.374. The van der Waals surface area contributed by atoms with E-state index in [2.05, 4.69) is 5.32 Å². The van der Waals surface area contributed by atoms with Crippen LogP contribution in [0.3, 0.4) is 0 Å². The van der Waals surface area contributed by atoms with Gasteiger partial charge in [-0.05, 0) is 60.3 Å². The van der Waals surface area contributed by atoms with Crippen LogP contribution in [0, 0.1) is 0 Å². The third kappa shape index (κ3) is 6.93. The lowest BCUT2D eigenvalue weighted by Gasteiger charge is -2.24. The number of hydrogen-bond acceptors (Lipinski definition) is 3. The van der Waals surface area contributed by atoms with Crippen LogP contribution in [-0.2, 0) is 28.9 Å². The highest BCUT2D eigenvalue weighted by Crippen LogP contribution is 2.22. The first kappa shape index (κ1) is 25.9.